The normalized spacial score (nSPS) is 17.6. The van der Waals surface area contributed by atoms with Gasteiger partial charge in [-0.3, -0.25) is 4.72 Å². The number of anilines is 1. The minimum absolute atomic E-state index is 0.0635. The second kappa shape index (κ2) is 8.52. The summed E-state index contributed by atoms with van der Waals surface area (Å²) in [6.07, 6.45) is 2.44. The van der Waals surface area contributed by atoms with Crippen LogP contribution < -0.4 is 9.46 Å². The molecule has 3 aromatic rings. The van der Waals surface area contributed by atoms with Crippen molar-refractivity contribution >= 4 is 32.6 Å². The van der Waals surface area contributed by atoms with Crippen LogP contribution in [0, 0.1) is 13.8 Å². The van der Waals surface area contributed by atoms with Crippen LogP contribution in [-0.4, -0.2) is 42.0 Å². The van der Waals surface area contributed by atoms with Gasteiger partial charge in [-0.1, -0.05) is 6.07 Å². The second-order valence-corrected chi connectivity index (χ2v) is 12.5. The van der Waals surface area contributed by atoms with Crippen LogP contribution in [0.5, 0.6) is 5.75 Å². The molecule has 0 aliphatic carbocycles. The minimum Gasteiger partial charge on any atom is -0.493 e. The first kappa shape index (κ1) is 24.6. The number of ether oxygens (including phenoxy) is 2. The number of benzene rings is 2. The molecule has 8 nitrogen and oxygen atoms in total. The Hall–Kier alpha value is -3.04. The van der Waals surface area contributed by atoms with E-state index in [2.05, 4.69) is 10.8 Å². The summed E-state index contributed by atoms with van der Waals surface area (Å²) in [7, 11) is -3.60. The van der Waals surface area contributed by atoms with E-state index in [0.29, 0.717) is 30.0 Å². The van der Waals surface area contributed by atoms with Gasteiger partial charge in [0.05, 0.1) is 29.2 Å². The number of nitrogens with zero attached hydrogens (tertiary/aromatic N) is 1. The summed E-state index contributed by atoms with van der Waals surface area (Å²) < 4.78 is 42.2. The van der Waals surface area contributed by atoms with Crippen molar-refractivity contribution in [1.82, 2.24) is 4.57 Å². The van der Waals surface area contributed by atoms with Crippen LogP contribution in [0.2, 0.25) is 0 Å². The van der Waals surface area contributed by atoms with Crippen LogP contribution in [0.4, 0.5) is 5.69 Å². The Morgan fingerprint density at radius 3 is 2.69 bits per heavy atom. The number of hydrogen-bond acceptors (Lipinski definition) is 5. The molecule has 1 unspecified atom stereocenters. The Morgan fingerprint density at radius 1 is 1.25 bits per heavy atom. The Balaban J connectivity index is 1.91. The van der Waals surface area contributed by atoms with E-state index in [-0.39, 0.29) is 5.75 Å². The third-order valence-corrected chi connectivity index (χ3v) is 8.05. The lowest BCUT2D eigenvalue weighted by atomic mass is 9.86. The summed E-state index contributed by atoms with van der Waals surface area (Å²) >= 11 is 0. The molecule has 1 aromatic heterocycles. The summed E-state index contributed by atoms with van der Waals surface area (Å²) in [5.41, 5.74) is 5.07. The number of carbonyl (C=O) groups is 1. The number of carboxylic acids is 1. The average molecular weight is 513 g/mol. The van der Waals surface area contributed by atoms with Crippen LogP contribution in [-0.2, 0) is 32.5 Å². The topological polar surface area (TPSA) is 107 Å². The quantitative estimate of drug-likeness (QED) is 0.513. The molecule has 2 aliphatic rings. The zero-order valence-corrected chi connectivity index (χ0v) is 22.1. The van der Waals surface area contributed by atoms with Gasteiger partial charge in [-0.15, -0.1) is 0 Å². The van der Waals surface area contributed by atoms with E-state index in [1.807, 2.05) is 50.6 Å². The van der Waals surface area contributed by atoms with E-state index in [4.69, 9.17) is 9.47 Å². The van der Waals surface area contributed by atoms with Crippen molar-refractivity contribution in [3.63, 3.8) is 0 Å². The van der Waals surface area contributed by atoms with Gasteiger partial charge in [0, 0.05) is 23.7 Å². The maximum absolute atomic E-state index is 12.8. The molecule has 2 aromatic carbocycles. The molecule has 9 heteroatoms. The van der Waals surface area contributed by atoms with E-state index < -0.39 is 27.7 Å². The van der Waals surface area contributed by atoms with E-state index in [0.717, 1.165) is 51.7 Å². The summed E-state index contributed by atoms with van der Waals surface area (Å²) in [5.74, 6) is -0.348. The SMILES string of the molecule is Cc1c(C(OC(C)(C)C)C(=O)O)c(-c2ccc3c(c2)CCCO3)c2c(C)cn3c2c1NS(=O)(=O)CC3. The highest BCUT2D eigenvalue weighted by Gasteiger charge is 2.36. The number of carboxylic acid groups (broad SMARTS) is 1. The molecule has 0 saturated carbocycles. The molecule has 0 radical (unpaired) electrons. The van der Waals surface area contributed by atoms with Crippen molar-refractivity contribution in [2.75, 3.05) is 17.1 Å². The first-order valence-corrected chi connectivity index (χ1v) is 13.8. The molecular weight excluding hydrogens is 480 g/mol. The van der Waals surface area contributed by atoms with Crippen LogP contribution in [0.15, 0.2) is 24.4 Å². The molecular formula is C27H32N2O6S. The molecule has 2 N–H and O–H groups in total. The number of aryl methyl sites for hydroxylation is 3. The van der Waals surface area contributed by atoms with Crippen LogP contribution in [0.1, 0.15) is 55.5 Å². The number of sulfonamides is 1. The van der Waals surface area contributed by atoms with Crippen molar-refractivity contribution in [2.45, 2.75) is 65.7 Å². The van der Waals surface area contributed by atoms with Crippen molar-refractivity contribution in [1.29, 1.82) is 0 Å². The molecule has 5 rings (SSSR count). The van der Waals surface area contributed by atoms with E-state index in [1.54, 1.807) is 6.92 Å². The molecule has 0 fully saturated rings. The van der Waals surface area contributed by atoms with Crippen molar-refractivity contribution in [3.05, 3.63) is 46.6 Å². The highest BCUT2D eigenvalue weighted by atomic mass is 32.2. The molecule has 0 spiro atoms. The van der Waals surface area contributed by atoms with Crippen LogP contribution in [0.3, 0.4) is 0 Å². The van der Waals surface area contributed by atoms with Gasteiger partial charge in [-0.05, 0) is 87.4 Å². The monoisotopic (exact) mass is 512 g/mol. The van der Waals surface area contributed by atoms with Gasteiger partial charge in [0.2, 0.25) is 10.0 Å². The van der Waals surface area contributed by atoms with Crippen LogP contribution >= 0.6 is 0 Å². The van der Waals surface area contributed by atoms with E-state index in [9.17, 15) is 18.3 Å². The second-order valence-electron chi connectivity index (χ2n) is 10.7. The number of aromatic nitrogens is 1. The first-order valence-electron chi connectivity index (χ1n) is 12.2. The molecule has 3 heterocycles. The summed E-state index contributed by atoms with van der Waals surface area (Å²) in [6.45, 7) is 10.2. The molecule has 2 aliphatic heterocycles. The first-order chi connectivity index (χ1) is 16.9. The van der Waals surface area contributed by atoms with Crippen molar-refractivity contribution in [2.24, 2.45) is 0 Å². The third-order valence-electron chi connectivity index (χ3n) is 6.82. The lowest BCUT2D eigenvalue weighted by Crippen LogP contribution is -2.28. The summed E-state index contributed by atoms with van der Waals surface area (Å²) in [5, 5.41) is 11.2. The summed E-state index contributed by atoms with van der Waals surface area (Å²) in [6, 6.07) is 5.97. The van der Waals surface area contributed by atoms with Crippen LogP contribution in [0.25, 0.3) is 22.0 Å². The highest BCUT2D eigenvalue weighted by molar-refractivity contribution is 7.92. The van der Waals surface area contributed by atoms with Gasteiger partial charge in [0.15, 0.2) is 6.10 Å². The van der Waals surface area contributed by atoms with Crippen molar-refractivity contribution < 1.29 is 27.8 Å². The Kier molecular flexibility index (Phi) is 5.83. The van der Waals surface area contributed by atoms with Gasteiger partial charge >= 0.3 is 5.97 Å². The maximum Gasteiger partial charge on any atom is 0.337 e. The number of nitrogens with one attached hydrogen (secondary N) is 1. The summed E-state index contributed by atoms with van der Waals surface area (Å²) in [4.78, 5) is 12.7. The fraction of sp³-hybridized carbons (Fsp3) is 0.444. The minimum atomic E-state index is -3.60. The van der Waals surface area contributed by atoms with Gasteiger partial charge in [0.1, 0.15) is 5.75 Å². The Morgan fingerprint density at radius 2 is 2.00 bits per heavy atom. The average Bonchev–Trinajstić information content (AvgIpc) is 3.05. The van der Waals surface area contributed by atoms with Gasteiger partial charge in [-0.2, -0.15) is 0 Å². The fourth-order valence-electron chi connectivity index (χ4n) is 5.37. The standard InChI is InChI=1S/C27H32N2O6S/c1-15-14-29-10-12-36(32,33)28-23-16(2)21(25(26(30)31)35-27(3,4)5)22(20(15)24(23)29)18-8-9-19-17(13-18)7-6-11-34-19/h8-9,13-14,25,28H,6-7,10-12H2,1-5H3,(H,30,31). The predicted molar refractivity (Wildman–Crippen MR) is 139 cm³/mol. The van der Waals surface area contributed by atoms with Crippen molar-refractivity contribution in [3.8, 4) is 16.9 Å². The van der Waals surface area contributed by atoms with E-state index in [1.165, 1.54) is 0 Å². The number of aliphatic carboxylic acids is 1. The number of hydrogen-bond donors (Lipinski definition) is 2. The lowest BCUT2D eigenvalue weighted by molar-refractivity contribution is -0.160. The predicted octanol–water partition coefficient (Wildman–Crippen LogP) is 4.95. The van der Waals surface area contributed by atoms with E-state index >= 15 is 0 Å². The Labute approximate surface area is 211 Å². The molecule has 192 valence electrons. The lowest BCUT2D eigenvalue weighted by Gasteiger charge is -2.29. The fourth-order valence-corrected chi connectivity index (χ4v) is 6.47. The molecule has 0 saturated heterocycles. The van der Waals surface area contributed by atoms with Gasteiger partial charge in [0.25, 0.3) is 0 Å². The highest BCUT2D eigenvalue weighted by Crippen LogP contribution is 2.47. The zero-order chi connectivity index (χ0) is 26.0. The molecule has 1 atom stereocenters. The number of rotatable bonds is 4. The molecule has 0 bridgehead atoms. The largest absolute Gasteiger partial charge is 0.493 e. The van der Waals surface area contributed by atoms with Gasteiger partial charge in [-0.25, -0.2) is 13.2 Å². The smallest absolute Gasteiger partial charge is 0.337 e. The van der Waals surface area contributed by atoms with Gasteiger partial charge < -0.3 is 19.1 Å². The molecule has 0 amide bonds. The maximum atomic E-state index is 12.8. The zero-order valence-electron chi connectivity index (χ0n) is 21.3. The third kappa shape index (κ3) is 4.24. The Bertz CT molecular complexity index is 1500. The number of fused-ring (bicyclic) bond motifs is 1. The molecule has 36 heavy (non-hydrogen) atoms.